The fourth-order valence-electron chi connectivity index (χ4n) is 0.923. The van der Waals surface area contributed by atoms with Crippen LogP contribution in [0.2, 0.25) is 0 Å². The Hall–Kier alpha value is -1.29. The number of aliphatic hydroxyl groups excluding tert-OH is 1. The SMILES string of the molecule is CC(CO)(C(=O)O)n1cccc1. The quantitative estimate of drug-likeness (QED) is 0.683. The normalized spacial score (nSPS) is 15.5. The Morgan fingerprint density at radius 3 is 2.33 bits per heavy atom. The average Bonchev–Trinajstić information content (AvgIpc) is 2.54. The van der Waals surface area contributed by atoms with Crippen LogP contribution >= 0.6 is 0 Å². The third-order valence-corrected chi connectivity index (χ3v) is 1.94. The van der Waals surface area contributed by atoms with Crippen molar-refractivity contribution < 1.29 is 15.0 Å². The van der Waals surface area contributed by atoms with Gasteiger partial charge in [-0.25, -0.2) is 4.79 Å². The lowest BCUT2D eigenvalue weighted by Gasteiger charge is -2.23. The Morgan fingerprint density at radius 2 is 2.00 bits per heavy atom. The van der Waals surface area contributed by atoms with Gasteiger partial charge < -0.3 is 14.8 Å². The molecule has 0 bridgehead atoms. The van der Waals surface area contributed by atoms with Crippen molar-refractivity contribution in [3.63, 3.8) is 0 Å². The number of aliphatic hydroxyl groups is 1. The summed E-state index contributed by atoms with van der Waals surface area (Å²) in [6, 6.07) is 3.44. The highest BCUT2D eigenvalue weighted by Crippen LogP contribution is 2.15. The van der Waals surface area contributed by atoms with Crippen LogP contribution in [0, 0.1) is 0 Å². The van der Waals surface area contributed by atoms with Gasteiger partial charge in [-0.05, 0) is 19.1 Å². The molecule has 1 aromatic heterocycles. The highest BCUT2D eigenvalue weighted by atomic mass is 16.4. The van der Waals surface area contributed by atoms with Gasteiger partial charge in [0.05, 0.1) is 6.61 Å². The highest BCUT2D eigenvalue weighted by molar-refractivity contribution is 5.76. The van der Waals surface area contributed by atoms with Crippen molar-refractivity contribution in [3.8, 4) is 0 Å². The topological polar surface area (TPSA) is 62.5 Å². The predicted molar refractivity (Wildman–Crippen MR) is 42.8 cm³/mol. The Balaban J connectivity index is 3.04. The zero-order valence-corrected chi connectivity index (χ0v) is 6.77. The van der Waals surface area contributed by atoms with Gasteiger partial charge in [0.15, 0.2) is 5.54 Å². The van der Waals surface area contributed by atoms with Gasteiger partial charge in [-0.3, -0.25) is 0 Å². The molecule has 12 heavy (non-hydrogen) atoms. The minimum Gasteiger partial charge on any atom is -0.479 e. The maximum atomic E-state index is 10.8. The fraction of sp³-hybridized carbons (Fsp3) is 0.375. The number of carboxylic acid groups (broad SMARTS) is 1. The van der Waals surface area contributed by atoms with E-state index in [0.717, 1.165) is 0 Å². The lowest BCUT2D eigenvalue weighted by molar-refractivity contribution is -0.148. The lowest BCUT2D eigenvalue weighted by Crippen LogP contribution is -2.41. The molecular weight excluding hydrogens is 158 g/mol. The highest BCUT2D eigenvalue weighted by Gasteiger charge is 2.33. The number of aliphatic carboxylic acids is 1. The minimum atomic E-state index is -1.25. The molecule has 4 nitrogen and oxygen atoms in total. The van der Waals surface area contributed by atoms with Crippen molar-refractivity contribution in [3.05, 3.63) is 24.5 Å². The Morgan fingerprint density at radius 1 is 1.50 bits per heavy atom. The van der Waals surface area contributed by atoms with Crippen molar-refractivity contribution in [1.82, 2.24) is 4.57 Å². The molecule has 0 aliphatic rings. The number of hydrogen-bond acceptors (Lipinski definition) is 2. The first kappa shape index (κ1) is 8.80. The molecule has 4 heteroatoms. The van der Waals surface area contributed by atoms with Crippen molar-refractivity contribution in [1.29, 1.82) is 0 Å². The van der Waals surface area contributed by atoms with E-state index >= 15 is 0 Å². The zero-order chi connectivity index (χ0) is 9.19. The molecule has 1 heterocycles. The molecule has 0 aliphatic carbocycles. The molecular formula is C8H11NO3. The smallest absolute Gasteiger partial charge is 0.332 e. The van der Waals surface area contributed by atoms with Gasteiger partial charge in [0, 0.05) is 12.4 Å². The molecule has 0 aromatic carbocycles. The molecule has 1 rings (SSSR count). The molecule has 0 spiro atoms. The van der Waals surface area contributed by atoms with Crippen LogP contribution in [0.1, 0.15) is 6.92 Å². The summed E-state index contributed by atoms with van der Waals surface area (Å²) >= 11 is 0. The van der Waals surface area contributed by atoms with E-state index in [0.29, 0.717) is 0 Å². The van der Waals surface area contributed by atoms with Gasteiger partial charge in [-0.1, -0.05) is 0 Å². The van der Waals surface area contributed by atoms with Crippen molar-refractivity contribution in [2.75, 3.05) is 6.61 Å². The molecule has 1 atom stereocenters. The molecule has 0 saturated carbocycles. The summed E-state index contributed by atoms with van der Waals surface area (Å²) in [6.45, 7) is 1.05. The average molecular weight is 169 g/mol. The summed E-state index contributed by atoms with van der Waals surface area (Å²) in [6.07, 6.45) is 3.23. The summed E-state index contributed by atoms with van der Waals surface area (Å²) in [5, 5.41) is 17.7. The lowest BCUT2D eigenvalue weighted by atomic mass is 10.0. The van der Waals surface area contributed by atoms with E-state index in [2.05, 4.69) is 0 Å². The summed E-state index contributed by atoms with van der Waals surface area (Å²) < 4.78 is 1.47. The van der Waals surface area contributed by atoms with Crippen LogP contribution in [0.15, 0.2) is 24.5 Å². The largest absolute Gasteiger partial charge is 0.479 e. The molecule has 66 valence electrons. The maximum absolute atomic E-state index is 10.8. The molecule has 1 unspecified atom stereocenters. The molecule has 0 aliphatic heterocycles. The summed E-state index contributed by atoms with van der Waals surface area (Å²) in [7, 11) is 0. The fourth-order valence-corrected chi connectivity index (χ4v) is 0.923. The van der Waals surface area contributed by atoms with Crippen molar-refractivity contribution >= 4 is 5.97 Å². The third-order valence-electron chi connectivity index (χ3n) is 1.94. The summed E-state index contributed by atoms with van der Waals surface area (Å²) in [4.78, 5) is 10.8. The van der Waals surface area contributed by atoms with E-state index in [4.69, 9.17) is 10.2 Å². The Labute approximate surface area is 70.1 Å². The first-order valence-corrected chi connectivity index (χ1v) is 3.59. The van der Waals surface area contributed by atoms with Gasteiger partial charge in [-0.2, -0.15) is 0 Å². The first-order chi connectivity index (χ1) is 5.61. The van der Waals surface area contributed by atoms with Crippen LogP contribution < -0.4 is 0 Å². The molecule has 1 aromatic rings. The van der Waals surface area contributed by atoms with Crippen LogP contribution in [-0.2, 0) is 10.3 Å². The molecule has 2 N–H and O–H groups in total. The van der Waals surface area contributed by atoms with Gasteiger partial charge >= 0.3 is 5.97 Å². The summed E-state index contributed by atoms with van der Waals surface area (Å²) in [5.41, 5.74) is -1.25. The summed E-state index contributed by atoms with van der Waals surface area (Å²) in [5.74, 6) is -1.04. The maximum Gasteiger partial charge on any atom is 0.332 e. The van der Waals surface area contributed by atoms with Crippen molar-refractivity contribution in [2.45, 2.75) is 12.5 Å². The zero-order valence-electron chi connectivity index (χ0n) is 6.77. The van der Waals surface area contributed by atoms with E-state index in [1.54, 1.807) is 24.5 Å². The number of carbonyl (C=O) groups is 1. The number of hydrogen-bond donors (Lipinski definition) is 2. The van der Waals surface area contributed by atoms with Crippen molar-refractivity contribution in [2.24, 2.45) is 0 Å². The van der Waals surface area contributed by atoms with Gasteiger partial charge in [0.2, 0.25) is 0 Å². The molecule has 0 amide bonds. The number of carboxylic acids is 1. The second kappa shape index (κ2) is 2.98. The van der Waals surface area contributed by atoms with E-state index in [-0.39, 0.29) is 0 Å². The molecule has 0 saturated heterocycles. The second-order valence-corrected chi connectivity index (χ2v) is 2.83. The van der Waals surface area contributed by atoms with Crippen LogP contribution in [0.3, 0.4) is 0 Å². The number of nitrogens with zero attached hydrogens (tertiary/aromatic N) is 1. The molecule has 0 radical (unpaired) electrons. The first-order valence-electron chi connectivity index (χ1n) is 3.59. The third kappa shape index (κ3) is 1.21. The second-order valence-electron chi connectivity index (χ2n) is 2.83. The standard InChI is InChI=1S/C8H11NO3/c1-8(6-10,7(11)12)9-4-2-3-5-9/h2-5,10H,6H2,1H3,(H,11,12). The number of aromatic nitrogens is 1. The van der Waals surface area contributed by atoms with Gasteiger partial charge in [0.25, 0.3) is 0 Å². The van der Waals surface area contributed by atoms with E-state index in [1.807, 2.05) is 0 Å². The Kier molecular flexibility index (Phi) is 2.19. The Bertz CT molecular complexity index is 268. The van der Waals surface area contributed by atoms with E-state index in [9.17, 15) is 4.79 Å². The van der Waals surface area contributed by atoms with E-state index in [1.165, 1.54) is 11.5 Å². The predicted octanol–water partition coefficient (Wildman–Crippen LogP) is 0.280. The monoisotopic (exact) mass is 169 g/mol. The van der Waals surface area contributed by atoms with Crippen LogP contribution in [0.4, 0.5) is 0 Å². The van der Waals surface area contributed by atoms with Crippen LogP contribution in [-0.4, -0.2) is 27.4 Å². The van der Waals surface area contributed by atoms with Crippen LogP contribution in [0.25, 0.3) is 0 Å². The van der Waals surface area contributed by atoms with Crippen LogP contribution in [0.5, 0.6) is 0 Å². The van der Waals surface area contributed by atoms with E-state index < -0.39 is 18.1 Å². The number of rotatable bonds is 3. The molecule has 0 fully saturated rings. The van der Waals surface area contributed by atoms with Gasteiger partial charge in [-0.15, -0.1) is 0 Å². The minimum absolute atomic E-state index is 0.420. The van der Waals surface area contributed by atoms with Gasteiger partial charge in [0.1, 0.15) is 0 Å².